The maximum atomic E-state index is 10.1. The van der Waals surface area contributed by atoms with Gasteiger partial charge in [0.1, 0.15) is 11.8 Å². The van der Waals surface area contributed by atoms with Crippen molar-refractivity contribution in [3.05, 3.63) is 28.8 Å². The molecule has 2 rings (SSSR count). The van der Waals surface area contributed by atoms with Gasteiger partial charge in [0.2, 0.25) is 0 Å². The van der Waals surface area contributed by atoms with Gasteiger partial charge in [0.15, 0.2) is 0 Å². The molecule has 5 nitrogen and oxygen atoms in total. The maximum Gasteiger partial charge on any atom is 0.142 e. The van der Waals surface area contributed by atoms with Gasteiger partial charge in [0, 0.05) is 6.54 Å². The minimum Gasteiger partial charge on any atom is -0.380 e. The molecular weight excluding hydrogens is 248 g/mol. The lowest BCUT2D eigenvalue weighted by Crippen LogP contribution is -2.10. The van der Waals surface area contributed by atoms with Gasteiger partial charge in [-0.25, -0.2) is 0 Å². The van der Waals surface area contributed by atoms with Crippen LogP contribution in [-0.2, 0) is 6.54 Å². The summed E-state index contributed by atoms with van der Waals surface area (Å²) in [6.45, 7) is 2.76. The summed E-state index contributed by atoms with van der Waals surface area (Å²) in [4.78, 5) is 0. The van der Waals surface area contributed by atoms with Crippen LogP contribution >= 0.6 is 23.3 Å². The summed E-state index contributed by atoms with van der Waals surface area (Å²) in [7, 11) is 0. The molecule has 0 aromatic carbocycles. The molecule has 1 N–H and O–H groups in total. The molecule has 16 heavy (non-hydrogen) atoms. The van der Waals surface area contributed by atoms with Crippen molar-refractivity contribution in [1.82, 2.24) is 18.5 Å². The van der Waals surface area contributed by atoms with E-state index in [1.54, 1.807) is 4.68 Å². The van der Waals surface area contributed by atoms with Gasteiger partial charge in [0.05, 0.1) is 34.8 Å². The summed E-state index contributed by atoms with van der Waals surface area (Å²) in [6.07, 6.45) is 3.14. The summed E-state index contributed by atoms with van der Waals surface area (Å²) in [5, 5.41) is 14.7. The number of hydrogen-bond donors (Lipinski definition) is 1. The van der Waals surface area contributed by atoms with E-state index in [-0.39, 0.29) is 0 Å². The Morgan fingerprint density at radius 1 is 1.56 bits per heavy atom. The number of nitrogens with zero attached hydrogens (tertiary/aromatic N) is 4. The van der Waals surface area contributed by atoms with Crippen LogP contribution < -0.4 is 0 Å². The van der Waals surface area contributed by atoms with Gasteiger partial charge in [-0.05, 0) is 6.42 Å². The number of rotatable bonds is 4. The minimum absolute atomic E-state index is 0.453. The van der Waals surface area contributed by atoms with Crippen LogP contribution in [0.2, 0.25) is 5.02 Å². The lowest BCUT2D eigenvalue weighted by Gasteiger charge is -2.11. The molecule has 1 unspecified atom stereocenters. The quantitative estimate of drug-likeness (QED) is 0.910. The van der Waals surface area contributed by atoms with Crippen LogP contribution in [0.5, 0.6) is 0 Å². The van der Waals surface area contributed by atoms with E-state index in [1.165, 1.54) is 12.4 Å². The Labute approximate surface area is 102 Å². The van der Waals surface area contributed by atoms with Crippen molar-refractivity contribution in [2.75, 3.05) is 0 Å². The maximum absolute atomic E-state index is 10.1. The molecule has 0 bridgehead atoms. The first kappa shape index (κ1) is 11.5. The van der Waals surface area contributed by atoms with Crippen LogP contribution in [0.15, 0.2) is 12.4 Å². The normalized spacial score (nSPS) is 12.9. The highest BCUT2D eigenvalue weighted by atomic mass is 35.5. The standard InChI is InChI=1S/C9H11ClN4OS/c1-2-3-14-8(6(10)4-11-14)9(15)7-5-12-16-13-7/h4-5,9,15H,2-3H2,1H3. The van der Waals surface area contributed by atoms with Gasteiger partial charge in [-0.2, -0.15) is 13.8 Å². The molecule has 0 aliphatic heterocycles. The zero-order valence-electron chi connectivity index (χ0n) is 8.67. The first-order valence-electron chi connectivity index (χ1n) is 4.90. The molecule has 0 radical (unpaired) electrons. The third kappa shape index (κ3) is 2.09. The Balaban J connectivity index is 2.35. The van der Waals surface area contributed by atoms with Crippen molar-refractivity contribution in [3.8, 4) is 0 Å². The first-order chi connectivity index (χ1) is 7.74. The van der Waals surface area contributed by atoms with Crippen molar-refractivity contribution in [2.45, 2.75) is 26.0 Å². The smallest absolute Gasteiger partial charge is 0.142 e. The Morgan fingerprint density at radius 3 is 3.00 bits per heavy atom. The van der Waals surface area contributed by atoms with Gasteiger partial charge < -0.3 is 5.11 Å². The SMILES string of the molecule is CCCn1ncc(Cl)c1C(O)c1cnsn1. The highest BCUT2D eigenvalue weighted by molar-refractivity contribution is 6.99. The Bertz CT molecular complexity index is 456. The summed E-state index contributed by atoms with van der Waals surface area (Å²) >= 11 is 7.06. The average Bonchev–Trinajstić information content (AvgIpc) is 2.88. The molecular formula is C9H11ClN4OS. The topological polar surface area (TPSA) is 63.8 Å². The molecule has 0 aliphatic rings. The second kappa shape index (κ2) is 4.90. The molecule has 0 amide bonds. The highest BCUT2D eigenvalue weighted by Crippen LogP contribution is 2.27. The van der Waals surface area contributed by atoms with E-state index in [0.29, 0.717) is 16.4 Å². The summed E-state index contributed by atoms with van der Waals surface area (Å²) in [6, 6.07) is 0. The van der Waals surface area contributed by atoms with Crippen LogP contribution in [0.1, 0.15) is 30.8 Å². The molecule has 2 aromatic rings. The van der Waals surface area contributed by atoms with E-state index >= 15 is 0 Å². The zero-order chi connectivity index (χ0) is 11.5. The molecule has 7 heteroatoms. The van der Waals surface area contributed by atoms with Crippen LogP contribution in [0, 0.1) is 0 Å². The van der Waals surface area contributed by atoms with Crippen molar-refractivity contribution < 1.29 is 5.11 Å². The van der Waals surface area contributed by atoms with Crippen molar-refractivity contribution in [2.24, 2.45) is 0 Å². The van der Waals surface area contributed by atoms with Gasteiger partial charge in [-0.15, -0.1) is 0 Å². The van der Waals surface area contributed by atoms with E-state index < -0.39 is 6.10 Å². The van der Waals surface area contributed by atoms with E-state index in [4.69, 9.17) is 11.6 Å². The van der Waals surface area contributed by atoms with Crippen molar-refractivity contribution in [1.29, 1.82) is 0 Å². The number of aryl methyl sites for hydroxylation is 1. The molecule has 0 aliphatic carbocycles. The average molecular weight is 259 g/mol. The minimum atomic E-state index is -0.861. The number of halogens is 1. The fourth-order valence-electron chi connectivity index (χ4n) is 1.47. The van der Waals surface area contributed by atoms with Gasteiger partial charge in [-0.1, -0.05) is 18.5 Å². The van der Waals surface area contributed by atoms with E-state index in [2.05, 4.69) is 13.8 Å². The van der Waals surface area contributed by atoms with Crippen LogP contribution in [-0.4, -0.2) is 23.6 Å². The molecule has 1 atom stereocenters. The van der Waals surface area contributed by atoms with Crippen molar-refractivity contribution >= 4 is 23.3 Å². The third-order valence-electron chi connectivity index (χ3n) is 2.19. The van der Waals surface area contributed by atoms with E-state index in [1.807, 2.05) is 6.92 Å². The van der Waals surface area contributed by atoms with E-state index in [9.17, 15) is 5.11 Å². The predicted octanol–water partition coefficient (Wildman–Crippen LogP) is 1.88. The fraction of sp³-hybridized carbons (Fsp3) is 0.444. The molecule has 0 saturated heterocycles. The Kier molecular flexibility index (Phi) is 3.52. The second-order valence-electron chi connectivity index (χ2n) is 3.34. The molecule has 0 spiro atoms. The van der Waals surface area contributed by atoms with Gasteiger partial charge in [-0.3, -0.25) is 4.68 Å². The monoisotopic (exact) mass is 258 g/mol. The summed E-state index contributed by atoms with van der Waals surface area (Å²) < 4.78 is 9.55. The number of aliphatic hydroxyl groups is 1. The summed E-state index contributed by atoms with van der Waals surface area (Å²) in [5.41, 5.74) is 1.08. The van der Waals surface area contributed by atoms with Crippen molar-refractivity contribution in [3.63, 3.8) is 0 Å². The number of aromatic nitrogens is 4. The van der Waals surface area contributed by atoms with Crippen LogP contribution in [0.4, 0.5) is 0 Å². The molecule has 0 fully saturated rings. The molecule has 2 aromatic heterocycles. The molecule has 2 heterocycles. The van der Waals surface area contributed by atoms with Crippen LogP contribution in [0.25, 0.3) is 0 Å². The largest absolute Gasteiger partial charge is 0.380 e. The fourth-order valence-corrected chi connectivity index (χ4v) is 2.15. The van der Waals surface area contributed by atoms with Crippen LogP contribution in [0.3, 0.4) is 0 Å². The zero-order valence-corrected chi connectivity index (χ0v) is 10.2. The van der Waals surface area contributed by atoms with E-state index in [0.717, 1.165) is 24.7 Å². The summed E-state index contributed by atoms with van der Waals surface area (Å²) in [5.74, 6) is 0. The lowest BCUT2D eigenvalue weighted by atomic mass is 10.2. The molecule has 86 valence electrons. The third-order valence-corrected chi connectivity index (χ3v) is 2.97. The van der Waals surface area contributed by atoms with Gasteiger partial charge in [0.25, 0.3) is 0 Å². The Morgan fingerprint density at radius 2 is 2.38 bits per heavy atom. The number of hydrogen-bond acceptors (Lipinski definition) is 5. The second-order valence-corrected chi connectivity index (χ2v) is 4.30. The first-order valence-corrected chi connectivity index (χ1v) is 6.01. The van der Waals surface area contributed by atoms with Gasteiger partial charge >= 0.3 is 0 Å². The predicted molar refractivity (Wildman–Crippen MR) is 61.5 cm³/mol. The highest BCUT2D eigenvalue weighted by Gasteiger charge is 2.21. The Hall–Kier alpha value is -0.980. The number of aliphatic hydroxyl groups excluding tert-OH is 1. The lowest BCUT2D eigenvalue weighted by molar-refractivity contribution is 0.203. The molecule has 0 saturated carbocycles.